The van der Waals surface area contributed by atoms with Crippen molar-refractivity contribution in [1.82, 2.24) is 14.8 Å². The Labute approximate surface area is 155 Å². The molecule has 2 aliphatic rings. The van der Waals surface area contributed by atoms with Crippen molar-refractivity contribution in [3.05, 3.63) is 30.1 Å². The Bertz CT molecular complexity index is 608. The molecule has 0 saturated carbocycles. The highest BCUT2D eigenvalue weighted by molar-refractivity contribution is 5.78. The Balaban J connectivity index is 1.52. The van der Waals surface area contributed by atoms with E-state index in [-0.39, 0.29) is 24.5 Å². The fraction of sp³-hybridized carbons (Fsp3) is 0.650. The van der Waals surface area contributed by atoms with E-state index in [9.17, 15) is 9.59 Å². The SMILES string of the molecule is O=C(CCc1ccccn1)N1CC[C@@H]2[C@@H](CCC(=O)N2CCCCO)C1. The molecule has 2 amide bonds. The summed E-state index contributed by atoms with van der Waals surface area (Å²) in [7, 11) is 0. The van der Waals surface area contributed by atoms with Gasteiger partial charge in [0.15, 0.2) is 0 Å². The highest BCUT2D eigenvalue weighted by Gasteiger charge is 2.39. The van der Waals surface area contributed by atoms with Crippen molar-refractivity contribution < 1.29 is 14.7 Å². The molecule has 0 radical (unpaired) electrons. The molecule has 1 N–H and O–H groups in total. The van der Waals surface area contributed by atoms with Crippen LogP contribution in [0.15, 0.2) is 24.4 Å². The highest BCUT2D eigenvalue weighted by atomic mass is 16.3. The molecule has 2 atom stereocenters. The van der Waals surface area contributed by atoms with Crippen molar-refractivity contribution in [2.75, 3.05) is 26.2 Å². The number of aliphatic hydroxyl groups excluding tert-OH is 1. The molecule has 0 aliphatic carbocycles. The topological polar surface area (TPSA) is 73.7 Å². The summed E-state index contributed by atoms with van der Waals surface area (Å²) in [5.74, 6) is 0.811. The molecule has 3 heterocycles. The van der Waals surface area contributed by atoms with Gasteiger partial charge < -0.3 is 14.9 Å². The lowest BCUT2D eigenvalue weighted by Crippen LogP contribution is -2.57. The molecule has 6 heteroatoms. The second-order valence-electron chi connectivity index (χ2n) is 7.33. The highest BCUT2D eigenvalue weighted by Crippen LogP contribution is 2.31. The summed E-state index contributed by atoms with van der Waals surface area (Å²) < 4.78 is 0. The Kier molecular flexibility index (Phi) is 6.61. The van der Waals surface area contributed by atoms with Gasteiger partial charge in [-0.25, -0.2) is 0 Å². The smallest absolute Gasteiger partial charge is 0.222 e. The van der Waals surface area contributed by atoms with Gasteiger partial charge in [0.1, 0.15) is 0 Å². The third-order valence-corrected chi connectivity index (χ3v) is 5.62. The van der Waals surface area contributed by atoms with Gasteiger partial charge in [0, 0.05) is 57.0 Å². The number of likely N-dealkylation sites (tertiary alicyclic amines) is 2. The number of carbonyl (C=O) groups excluding carboxylic acids is 2. The van der Waals surface area contributed by atoms with Gasteiger partial charge >= 0.3 is 0 Å². The van der Waals surface area contributed by atoms with Crippen molar-refractivity contribution in [3.8, 4) is 0 Å². The number of aliphatic hydroxyl groups is 1. The van der Waals surface area contributed by atoms with Crippen molar-refractivity contribution in [2.45, 2.75) is 51.0 Å². The maximum Gasteiger partial charge on any atom is 0.222 e. The van der Waals surface area contributed by atoms with Crippen molar-refractivity contribution in [2.24, 2.45) is 5.92 Å². The number of rotatable bonds is 7. The zero-order chi connectivity index (χ0) is 18.4. The summed E-state index contributed by atoms with van der Waals surface area (Å²) in [6.45, 7) is 2.39. The minimum atomic E-state index is 0.175. The Hall–Kier alpha value is -1.95. The van der Waals surface area contributed by atoms with Gasteiger partial charge in [-0.2, -0.15) is 0 Å². The van der Waals surface area contributed by atoms with Crippen LogP contribution in [0.5, 0.6) is 0 Å². The Morgan fingerprint density at radius 3 is 2.92 bits per heavy atom. The van der Waals surface area contributed by atoms with Crippen molar-refractivity contribution >= 4 is 11.8 Å². The molecule has 0 unspecified atom stereocenters. The minimum absolute atomic E-state index is 0.175. The summed E-state index contributed by atoms with van der Waals surface area (Å²) in [6.07, 6.45) is 6.84. The largest absolute Gasteiger partial charge is 0.396 e. The summed E-state index contributed by atoms with van der Waals surface area (Å²) in [5.41, 5.74) is 0.953. The predicted octanol–water partition coefficient (Wildman–Crippen LogP) is 1.63. The molecule has 3 rings (SSSR count). The lowest BCUT2D eigenvalue weighted by molar-refractivity contribution is -0.144. The molecule has 142 valence electrons. The maximum atomic E-state index is 12.6. The molecular formula is C20H29N3O3. The van der Waals surface area contributed by atoms with Crippen molar-refractivity contribution in [1.29, 1.82) is 0 Å². The average molecular weight is 359 g/mol. The van der Waals surface area contributed by atoms with Crippen LogP contribution < -0.4 is 0 Å². The Morgan fingerprint density at radius 1 is 1.27 bits per heavy atom. The number of unbranched alkanes of at least 4 members (excludes halogenated alkanes) is 1. The van der Waals surface area contributed by atoms with E-state index in [1.54, 1.807) is 6.20 Å². The molecule has 2 saturated heterocycles. The number of carbonyl (C=O) groups is 2. The number of hydrogen-bond acceptors (Lipinski definition) is 4. The van der Waals surface area contributed by atoms with Crippen molar-refractivity contribution in [3.63, 3.8) is 0 Å². The number of hydrogen-bond donors (Lipinski definition) is 1. The first kappa shape index (κ1) is 18.8. The van der Waals surface area contributed by atoms with Gasteiger partial charge in [0.25, 0.3) is 0 Å². The first-order valence-electron chi connectivity index (χ1n) is 9.77. The number of pyridine rings is 1. The predicted molar refractivity (Wildman–Crippen MR) is 98.3 cm³/mol. The standard InChI is InChI=1S/C20H29N3O3/c24-14-4-3-12-23-18-10-13-22(15-16(18)6-8-20(23)26)19(25)9-7-17-5-1-2-11-21-17/h1-2,5,11,16,18,24H,3-4,6-10,12-15H2/t16-,18+/m0/s1. The van der Waals surface area contributed by atoms with E-state index in [1.165, 1.54) is 0 Å². The van der Waals surface area contributed by atoms with Gasteiger partial charge in [0.05, 0.1) is 0 Å². The Morgan fingerprint density at radius 2 is 2.15 bits per heavy atom. The lowest BCUT2D eigenvalue weighted by atomic mass is 9.83. The molecular weight excluding hydrogens is 330 g/mol. The van der Waals surface area contributed by atoms with E-state index in [0.717, 1.165) is 51.0 Å². The second kappa shape index (κ2) is 9.12. The van der Waals surface area contributed by atoms with Crippen LogP contribution in [0, 0.1) is 5.92 Å². The quantitative estimate of drug-likeness (QED) is 0.751. The van der Waals surface area contributed by atoms with Gasteiger partial charge in [-0.05, 0) is 50.2 Å². The van der Waals surface area contributed by atoms with E-state index >= 15 is 0 Å². The van der Waals surface area contributed by atoms with Crippen LogP contribution in [0.25, 0.3) is 0 Å². The molecule has 2 aliphatic heterocycles. The monoisotopic (exact) mass is 359 g/mol. The van der Waals surface area contributed by atoms with E-state index in [4.69, 9.17) is 5.11 Å². The third-order valence-electron chi connectivity index (χ3n) is 5.62. The summed E-state index contributed by atoms with van der Waals surface area (Å²) in [4.78, 5) is 33.2. The summed E-state index contributed by atoms with van der Waals surface area (Å²) >= 11 is 0. The van der Waals surface area contributed by atoms with E-state index < -0.39 is 0 Å². The number of piperidine rings is 2. The normalized spacial score (nSPS) is 23.0. The number of nitrogens with zero attached hydrogens (tertiary/aromatic N) is 3. The average Bonchev–Trinajstić information content (AvgIpc) is 2.68. The van der Waals surface area contributed by atoms with Gasteiger partial charge in [0.2, 0.25) is 11.8 Å². The van der Waals surface area contributed by atoms with Crippen LogP contribution >= 0.6 is 0 Å². The van der Waals surface area contributed by atoms with Gasteiger partial charge in [-0.15, -0.1) is 0 Å². The van der Waals surface area contributed by atoms with Crippen LogP contribution in [0.1, 0.15) is 44.2 Å². The first-order chi connectivity index (χ1) is 12.7. The molecule has 1 aromatic rings. The molecule has 6 nitrogen and oxygen atoms in total. The minimum Gasteiger partial charge on any atom is -0.396 e. The summed E-state index contributed by atoms with van der Waals surface area (Å²) in [6, 6.07) is 6.04. The number of aryl methyl sites for hydroxylation is 1. The number of amides is 2. The van der Waals surface area contributed by atoms with Crippen LogP contribution in [0.2, 0.25) is 0 Å². The zero-order valence-electron chi connectivity index (χ0n) is 15.3. The molecule has 0 bridgehead atoms. The van der Waals surface area contributed by atoms with E-state index in [2.05, 4.69) is 4.98 Å². The maximum absolute atomic E-state index is 12.6. The molecule has 2 fully saturated rings. The van der Waals surface area contributed by atoms with Gasteiger partial charge in [-0.1, -0.05) is 6.07 Å². The molecule has 26 heavy (non-hydrogen) atoms. The third kappa shape index (κ3) is 4.61. The van der Waals surface area contributed by atoms with Crippen LogP contribution in [0.3, 0.4) is 0 Å². The first-order valence-corrected chi connectivity index (χ1v) is 9.77. The number of aromatic nitrogens is 1. The fourth-order valence-electron chi connectivity index (χ4n) is 4.20. The molecule has 0 aromatic carbocycles. The van der Waals surface area contributed by atoms with Crippen LogP contribution in [0.4, 0.5) is 0 Å². The van der Waals surface area contributed by atoms with E-state index in [1.807, 2.05) is 28.0 Å². The molecule has 1 aromatic heterocycles. The summed E-state index contributed by atoms with van der Waals surface area (Å²) in [5, 5.41) is 8.97. The van der Waals surface area contributed by atoms with E-state index in [0.29, 0.717) is 25.2 Å². The van der Waals surface area contributed by atoms with Crippen LogP contribution in [-0.4, -0.2) is 64.0 Å². The zero-order valence-corrected chi connectivity index (χ0v) is 15.3. The molecule has 0 spiro atoms. The van der Waals surface area contributed by atoms with Gasteiger partial charge in [-0.3, -0.25) is 14.6 Å². The lowest BCUT2D eigenvalue weighted by Gasteiger charge is -2.47. The van der Waals surface area contributed by atoms with Crippen LogP contribution in [-0.2, 0) is 16.0 Å². The second-order valence-corrected chi connectivity index (χ2v) is 7.33. The fourth-order valence-corrected chi connectivity index (χ4v) is 4.20. The number of fused-ring (bicyclic) bond motifs is 1.